The molecule has 0 aliphatic carbocycles. The molecule has 1 heterocycles. The number of allylic oxidation sites excluding steroid dienone is 1. The zero-order valence-corrected chi connectivity index (χ0v) is 20.8. The Morgan fingerprint density at radius 1 is 1.00 bits per heavy atom. The molecule has 0 N–H and O–H groups in total. The lowest BCUT2D eigenvalue weighted by Gasteiger charge is -2.14. The molecule has 3 aromatic rings. The fourth-order valence-corrected chi connectivity index (χ4v) is 4.86. The number of benzene rings is 3. The Hall–Kier alpha value is -3.95. The van der Waals surface area contributed by atoms with Crippen molar-refractivity contribution < 1.29 is 19.2 Å². The highest BCUT2D eigenvalue weighted by atomic mass is 32.2. The molecule has 0 spiro atoms. The normalized spacial score (nSPS) is 14.2. The van der Waals surface area contributed by atoms with E-state index in [1.54, 1.807) is 18.2 Å². The average Bonchev–Trinajstić information content (AvgIpc) is 3.16. The Morgan fingerprint density at radius 2 is 1.69 bits per heavy atom. The third kappa shape index (κ3) is 5.81. The third-order valence-corrected chi connectivity index (χ3v) is 6.54. The highest BCUT2D eigenvalue weighted by Crippen LogP contribution is 2.37. The predicted molar refractivity (Wildman–Crippen MR) is 147 cm³/mol. The van der Waals surface area contributed by atoms with Gasteiger partial charge in [0.2, 0.25) is 0 Å². The van der Waals surface area contributed by atoms with Crippen LogP contribution in [0.25, 0.3) is 6.08 Å². The Kier molecular flexibility index (Phi) is 8.14. The van der Waals surface area contributed by atoms with Gasteiger partial charge in [0.25, 0.3) is 11.6 Å². The molecule has 1 fully saturated rings. The zero-order valence-electron chi connectivity index (χ0n) is 19.2. The second-order valence-electron chi connectivity index (χ2n) is 7.63. The van der Waals surface area contributed by atoms with Crippen molar-refractivity contribution in [1.29, 1.82) is 0 Å². The fraction of sp³-hybridized carbons (Fsp3) is 0.111. The molecule has 182 valence electrons. The summed E-state index contributed by atoms with van der Waals surface area (Å²) in [6.07, 6.45) is 4.07. The summed E-state index contributed by atoms with van der Waals surface area (Å²) < 4.78 is 12.1. The predicted octanol–water partition coefficient (Wildman–Crippen LogP) is 6.19. The number of amides is 1. The zero-order chi connectivity index (χ0) is 25.5. The van der Waals surface area contributed by atoms with E-state index in [0.29, 0.717) is 32.6 Å². The quantitative estimate of drug-likeness (QED) is 0.0791. The van der Waals surface area contributed by atoms with Gasteiger partial charge in [-0.25, -0.2) is 0 Å². The van der Waals surface area contributed by atoms with Crippen molar-refractivity contribution in [1.82, 2.24) is 0 Å². The van der Waals surface area contributed by atoms with Gasteiger partial charge in [-0.3, -0.25) is 19.8 Å². The number of thiocarbonyl (C=S) groups is 1. The second kappa shape index (κ2) is 11.7. The van der Waals surface area contributed by atoms with Gasteiger partial charge in [-0.15, -0.1) is 6.58 Å². The molecule has 4 rings (SSSR count). The highest BCUT2D eigenvalue weighted by molar-refractivity contribution is 8.27. The number of nitro benzene ring substituents is 1. The summed E-state index contributed by atoms with van der Waals surface area (Å²) in [5, 5.41) is 11.4. The van der Waals surface area contributed by atoms with Crippen molar-refractivity contribution >= 4 is 51.7 Å². The molecule has 1 saturated heterocycles. The van der Waals surface area contributed by atoms with Crippen LogP contribution in [-0.2, 0) is 11.2 Å². The first-order chi connectivity index (χ1) is 17.5. The summed E-state index contributed by atoms with van der Waals surface area (Å²) in [7, 11) is 0. The first-order valence-corrected chi connectivity index (χ1v) is 12.3. The summed E-state index contributed by atoms with van der Waals surface area (Å²) in [6, 6.07) is 21.0. The Balaban J connectivity index is 1.52. The van der Waals surface area contributed by atoms with Crippen LogP contribution in [0.5, 0.6) is 11.5 Å². The molecule has 9 heteroatoms. The fourth-order valence-electron chi connectivity index (χ4n) is 3.57. The van der Waals surface area contributed by atoms with E-state index in [-0.39, 0.29) is 24.8 Å². The van der Waals surface area contributed by atoms with Gasteiger partial charge >= 0.3 is 0 Å². The first-order valence-electron chi connectivity index (χ1n) is 11.0. The van der Waals surface area contributed by atoms with E-state index < -0.39 is 4.92 Å². The van der Waals surface area contributed by atoms with Crippen LogP contribution in [0.4, 0.5) is 11.4 Å². The van der Waals surface area contributed by atoms with Crippen molar-refractivity contribution in [3.63, 3.8) is 0 Å². The van der Waals surface area contributed by atoms with Crippen LogP contribution in [0.3, 0.4) is 0 Å². The maximum atomic E-state index is 13.1. The van der Waals surface area contributed by atoms with Crippen molar-refractivity contribution in [3.05, 3.63) is 112 Å². The van der Waals surface area contributed by atoms with Crippen LogP contribution < -0.4 is 14.4 Å². The van der Waals surface area contributed by atoms with Gasteiger partial charge in [0.15, 0.2) is 4.32 Å². The minimum Gasteiger partial charge on any atom is -0.490 e. The summed E-state index contributed by atoms with van der Waals surface area (Å²) in [4.78, 5) is 25.8. The second-order valence-corrected chi connectivity index (χ2v) is 9.31. The van der Waals surface area contributed by atoms with Gasteiger partial charge in [0.1, 0.15) is 24.7 Å². The Morgan fingerprint density at radius 3 is 2.42 bits per heavy atom. The van der Waals surface area contributed by atoms with Crippen molar-refractivity contribution in [2.45, 2.75) is 6.42 Å². The molecule has 1 amide bonds. The minimum absolute atomic E-state index is 0.109. The first kappa shape index (κ1) is 25.2. The Labute approximate surface area is 218 Å². The third-order valence-electron chi connectivity index (χ3n) is 5.23. The molecular weight excluding hydrogens is 496 g/mol. The van der Waals surface area contributed by atoms with E-state index in [4.69, 9.17) is 21.7 Å². The number of nitrogens with zero attached hydrogens (tertiary/aromatic N) is 2. The summed E-state index contributed by atoms with van der Waals surface area (Å²) in [6.45, 7) is 4.23. The number of para-hydroxylation sites is 2. The van der Waals surface area contributed by atoms with Gasteiger partial charge < -0.3 is 9.47 Å². The molecule has 0 atom stereocenters. The molecular formula is C27H22N2O5S2. The van der Waals surface area contributed by atoms with E-state index in [2.05, 4.69) is 6.58 Å². The molecule has 3 aromatic carbocycles. The lowest BCUT2D eigenvalue weighted by molar-refractivity contribution is -0.384. The van der Waals surface area contributed by atoms with Gasteiger partial charge in [0.05, 0.1) is 15.5 Å². The largest absolute Gasteiger partial charge is 0.490 e. The van der Waals surface area contributed by atoms with Gasteiger partial charge in [-0.2, -0.15) is 0 Å². The lowest BCUT2D eigenvalue weighted by atomic mass is 10.1. The van der Waals surface area contributed by atoms with E-state index >= 15 is 0 Å². The van der Waals surface area contributed by atoms with Gasteiger partial charge in [0, 0.05) is 17.7 Å². The molecule has 36 heavy (non-hydrogen) atoms. The van der Waals surface area contributed by atoms with Crippen molar-refractivity contribution in [3.8, 4) is 11.5 Å². The number of rotatable bonds is 10. The van der Waals surface area contributed by atoms with E-state index in [9.17, 15) is 14.9 Å². The number of non-ortho nitro benzene ring substituents is 1. The summed E-state index contributed by atoms with van der Waals surface area (Å²) in [5.41, 5.74) is 1.98. The SMILES string of the molecule is C=CCc1ccccc1OCCOc1ccc([N+](=O)[O-])cc1/C=C1/SC(=S)N(c2ccccc2)C1=O. The van der Waals surface area contributed by atoms with Crippen LogP contribution in [-0.4, -0.2) is 28.4 Å². The van der Waals surface area contributed by atoms with E-state index in [1.165, 1.54) is 23.1 Å². The molecule has 0 unspecified atom stereocenters. The lowest BCUT2D eigenvalue weighted by Crippen LogP contribution is -2.27. The van der Waals surface area contributed by atoms with Crippen LogP contribution in [0.15, 0.2) is 90.4 Å². The minimum atomic E-state index is -0.490. The molecule has 7 nitrogen and oxygen atoms in total. The number of nitro groups is 1. The van der Waals surface area contributed by atoms with Crippen LogP contribution >= 0.6 is 24.0 Å². The van der Waals surface area contributed by atoms with Crippen LogP contribution in [0.1, 0.15) is 11.1 Å². The van der Waals surface area contributed by atoms with Gasteiger partial charge in [-0.05, 0) is 42.3 Å². The topological polar surface area (TPSA) is 81.9 Å². The number of hydrogen-bond donors (Lipinski definition) is 0. The number of carbonyl (C=O) groups is 1. The van der Waals surface area contributed by atoms with Crippen LogP contribution in [0, 0.1) is 10.1 Å². The summed E-state index contributed by atoms with van der Waals surface area (Å²) >= 11 is 6.56. The highest BCUT2D eigenvalue weighted by Gasteiger charge is 2.33. The average molecular weight is 519 g/mol. The number of thioether (sulfide) groups is 1. The van der Waals surface area contributed by atoms with Gasteiger partial charge in [-0.1, -0.05) is 66.5 Å². The monoisotopic (exact) mass is 518 g/mol. The smallest absolute Gasteiger partial charge is 0.270 e. The van der Waals surface area contributed by atoms with Crippen LogP contribution in [0.2, 0.25) is 0 Å². The number of ether oxygens (including phenoxy) is 2. The van der Waals surface area contributed by atoms with E-state index in [0.717, 1.165) is 23.1 Å². The maximum absolute atomic E-state index is 13.1. The molecule has 0 saturated carbocycles. The standard InChI is InChI=1S/C27H22N2O5S2/c1-2-8-19-9-6-7-12-23(19)33-15-16-34-24-14-13-22(29(31)32)17-20(24)18-25-26(30)28(27(35)36-25)21-10-4-3-5-11-21/h2-7,9-14,17-18H,1,8,15-16H2/b25-18+. The number of hydrogen-bond acceptors (Lipinski definition) is 7. The Bertz CT molecular complexity index is 1340. The molecule has 0 bridgehead atoms. The summed E-state index contributed by atoms with van der Waals surface area (Å²) in [5.74, 6) is 0.846. The maximum Gasteiger partial charge on any atom is 0.270 e. The molecule has 1 aliphatic heterocycles. The van der Waals surface area contributed by atoms with Crippen molar-refractivity contribution in [2.24, 2.45) is 0 Å². The van der Waals surface area contributed by atoms with Crippen molar-refractivity contribution in [2.75, 3.05) is 18.1 Å². The molecule has 0 aromatic heterocycles. The molecule has 1 aliphatic rings. The number of anilines is 1. The molecule has 0 radical (unpaired) electrons. The van der Waals surface area contributed by atoms with E-state index in [1.807, 2.05) is 48.5 Å². The number of carbonyl (C=O) groups excluding carboxylic acids is 1.